The number of rotatable bonds is 5. The first kappa shape index (κ1) is 15.3. The van der Waals surface area contributed by atoms with Gasteiger partial charge < -0.3 is 9.84 Å². The Labute approximate surface area is 122 Å². The van der Waals surface area contributed by atoms with Gasteiger partial charge in [-0.1, -0.05) is 61.7 Å². The molecule has 2 nitrogen and oxygen atoms in total. The van der Waals surface area contributed by atoms with Gasteiger partial charge in [-0.2, -0.15) is 0 Å². The van der Waals surface area contributed by atoms with E-state index in [-0.39, 0.29) is 0 Å². The van der Waals surface area contributed by atoms with Crippen molar-refractivity contribution >= 4 is 0 Å². The highest BCUT2D eigenvalue weighted by molar-refractivity contribution is 5.34. The van der Waals surface area contributed by atoms with Crippen molar-refractivity contribution in [1.82, 2.24) is 0 Å². The molecule has 1 aliphatic carbocycles. The molecule has 1 atom stereocenters. The van der Waals surface area contributed by atoms with Crippen molar-refractivity contribution in [2.75, 3.05) is 6.61 Å². The van der Waals surface area contributed by atoms with E-state index in [1.807, 2.05) is 6.92 Å². The molecule has 0 spiro atoms. The predicted molar refractivity (Wildman–Crippen MR) is 82.7 cm³/mol. The summed E-state index contributed by atoms with van der Waals surface area (Å²) < 4.78 is 6.08. The van der Waals surface area contributed by atoms with Gasteiger partial charge in [-0.15, -0.1) is 0 Å². The van der Waals surface area contributed by atoms with Crippen LogP contribution >= 0.6 is 0 Å². The van der Waals surface area contributed by atoms with Crippen LogP contribution in [0.25, 0.3) is 0 Å². The summed E-state index contributed by atoms with van der Waals surface area (Å²) >= 11 is 0. The van der Waals surface area contributed by atoms with Gasteiger partial charge in [-0.05, 0) is 32.3 Å². The molecular formula is C18H26O2. The van der Waals surface area contributed by atoms with Crippen LogP contribution in [0.2, 0.25) is 0 Å². The summed E-state index contributed by atoms with van der Waals surface area (Å²) in [6.07, 6.45) is 6.62. The van der Waals surface area contributed by atoms with Gasteiger partial charge in [0.25, 0.3) is 0 Å². The van der Waals surface area contributed by atoms with Gasteiger partial charge in [0.15, 0.2) is 0 Å². The van der Waals surface area contributed by atoms with E-state index < -0.39 is 11.2 Å². The quantitative estimate of drug-likeness (QED) is 0.819. The van der Waals surface area contributed by atoms with Crippen molar-refractivity contribution in [3.8, 4) is 0 Å². The van der Waals surface area contributed by atoms with E-state index in [0.29, 0.717) is 6.61 Å². The van der Waals surface area contributed by atoms with E-state index in [1.165, 1.54) is 12.0 Å². The second-order valence-electron chi connectivity index (χ2n) is 5.83. The number of aryl methyl sites for hydroxylation is 1. The fourth-order valence-electron chi connectivity index (χ4n) is 3.39. The smallest absolute Gasteiger partial charge is 0.139 e. The molecule has 0 amide bonds. The number of ether oxygens (including phenoxy) is 1. The maximum atomic E-state index is 11.2. The molecule has 0 aromatic heterocycles. The Hall–Kier alpha value is -1.12. The van der Waals surface area contributed by atoms with Crippen molar-refractivity contribution in [2.24, 2.45) is 0 Å². The molecule has 0 heterocycles. The molecular weight excluding hydrogens is 248 g/mol. The molecule has 1 unspecified atom stereocenters. The highest BCUT2D eigenvalue weighted by Gasteiger charge is 2.50. The fourth-order valence-corrected chi connectivity index (χ4v) is 3.39. The van der Waals surface area contributed by atoms with Crippen molar-refractivity contribution < 1.29 is 9.84 Å². The summed E-state index contributed by atoms with van der Waals surface area (Å²) in [4.78, 5) is 0. The SMILES string of the molecule is C=CC(OCC)(c1ccc(C)cc1)C1(O)CCCCC1. The Kier molecular flexibility index (Phi) is 4.66. The zero-order valence-corrected chi connectivity index (χ0v) is 12.7. The molecule has 20 heavy (non-hydrogen) atoms. The Morgan fingerprint density at radius 3 is 2.35 bits per heavy atom. The van der Waals surface area contributed by atoms with Gasteiger partial charge in [-0.25, -0.2) is 0 Å². The summed E-state index contributed by atoms with van der Waals surface area (Å²) in [5.41, 5.74) is 0.567. The van der Waals surface area contributed by atoms with Gasteiger partial charge in [0, 0.05) is 6.61 Å². The average molecular weight is 274 g/mol. The van der Waals surface area contributed by atoms with Crippen LogP contribution in [0.1, 0.15) is 50.2 Å². The molecule has 0 saturated heterocycles. The number of benzene rings is 1. The largest absolute Gasteiger partial charge is 0.386 e. The molecule has 0 radical (unpaired) electrons. The Morgan fingerprint density at radius 2 is 1.85 bits per heavy atom. The molecule has 1 aliphatic rings. The highest BCUT2D eigenvalue weighted by atomic mass is 16.5. The van der Waals surface area contributed by atoms with Gasteiger partial charge in [0.1, 0.15) is 11.2 Å². The first-order valence-corrected chi connectivity index (χ1v) is 7.65. The van der Waals surface area contributed by atoms with Crippen molar-refractivity contribution in [3.63, 3.8) is 0 Å². The molecule has 1 aromatic carbocycles. The van der Waals surface area contributed by atoms with Gasteiger partial charge in [-0.3, -0.25) is 0 Å². The first-order chi connectivity index (χ1) is 9.58. The minimum Gasteiger partial charge on any atom is -0.386 e. The molecule has 0 bridgehead atoms. The maximum absolute atomic E-state index is 11.2. The zero-order valence-electron chi connectivity index (χ0n) is 12.7. The molecule has 0 aliphatic heterocycles. The van der Waals surface area contributed by atoms with Crippen LogP contribution in [0, 0.1) is 6.92 Å². The zero-order chi connectivity index (χ0) is 14.6. The van der Waals surface area contributed by atoms with E-state index >= 15 is 0 Å². The van der Waals surface area contributed by atoms with Gasteiger partial charge >= 0.3 is 0 Å². The second-order valence-corrected chi connectivity index (χ2v) is 5.83. The van der Waals surface area contributed by atoms with E-state index in [0.717, 1.165) is 31.2 Å². The molecule has 2 rings (SSSR count). The summed E-state index contributed by atoms with van der Waals surface area (Å²) in [6.45, 7) is 8.58. The normalized spacial score (nSPS) is 21.1. The van der Waals surface area contributed by atoms with Gasteiger partial charge in [0.05, 0.1) is 0 Å². The molecule has 1 saturated carbocycles. The third-order valence-electron chi connectivity index (χ3n) is 4.51. The summed E-state index contributed by atoms with van der Waals surface area (Å²) in [5.74, 6) is 0. The van der Waals surface area contributed by atoms with E-state index in [2.05, 4.69) is 37.8 Å². The van der Waals surface area contributed by atoms with Crippen LogP contribution in [0.4, 0.5) is 0 Å². The van der Waals surface area contributed by atoms with E-state index in [1.54, 1.807) is 6.08 Å². The van der Waals surface area contributed by atoms with E-state index in [9.17, 15) is 5.11 Å². The number of aliphatic hydroxyl groups is 1. The van der Waals surface area contributed by atoms with Crippen LogP contribution in [0.15, 0.2) is 36.9 Å². The molecule has 110 valence electrons. The number of hydrogen-bond acceptors (Lipinski definition) is 2. The second kappa shape index (κ2) is 6.11. The van der Waals surface area contributed by atoms with Crippen molar-refractivity contribution in [2.45, 2.75) is 57.2 Å². The average Bonchev–Trinajstić information content (AvgIpc) is 2.46. The van der Waals surface area contributed by atoms with Crippen LogP contribution < -0.4 is 0 Å². The Bertz CT molecular complexity index is 443. The molecule has 1 aromatic rings. The lowest BCUT2D eigenvalue weighted by Crippen LogP contribution is -2.53. The van der Waals surface area contributed by atoms with Crippen molar-refractivity contribution in [1.29, 1.82) is 0 Å². The first-order valence-electron chi connectivity index (χ1n) is 7.65. The van der Waals surface area contributed by atoms with Crippen LogP contribution in [0.3, 0.4) is 0 Å². The summed E-state index contributed by atoms with van der Waals surface area (Å²) in [7, 11) is 0. The lowest BCUT2D eigenvalue weighted by Gasteiger charge is -2.47. The van der Waals surface area contributed by atoms with Crippen LogP contribution in [0.5, 0.6) is 0 Å². The fraction of sp³-hybridized carbons (Fsp3) is 0.556. The standard InChI is InChI=1S/C18H26O2/c1-4-18(20-5-2,16-11-9-15(3)10-12-16)17(19)13-7-6-8-14-17/h4,9-12,19H,1,5-8,13-14H2,2-3H3. The summed E-state index contributed by atoms with van der Waals surface area (Å²) in [6, 6.07) is 8.25. The van der Waals surface area contributed by atoms with E-state index in [4.69, 9.17) is 4.74 Å². The van der Waals surface area contributed by atoms with Crippen LogP contribution in [-0.2, 0) is 10.3 Å². The topological polar surface area (TPSA) is 29.5 Å². The predicted octanol–water partition coefficient (Wildman–Crippen LogP) is 4.11. The highest BCUT2D eigenvalue weighted by Crippen LogP contribution is 2.46. The molecule has 1 fully saturated rings. The van der Waals surface area contributed by atoms with Crippen molar-refractivity contribution in [3.05, 3.63) is 48.0 Å². The Morgan fingerprint density at radius 1 is 1.25 bits per heavy atom. The molecule has 1 N–H and O–H groups in total. The third-order valence-corrected chi connectivity index (χ3v) is 4.51. The lowest BCUT2D eigenvalue weighted by molar-refractivity contribution is -0.175. The van der Waals surface area contributed by atoms with Crippen LogP contribution in [-0.4, -0.2) is 17.3 Å². The number of hydrogen-bond donors (Lipinski definition) is 1. The summed E-state index contributed by atoms with van der Waals surface area (Å²) in [5, 5.41) is 11.2. The van der Waals surface area contributed by atoms with Gasteiger partial charge in [0.2, 0.25) is 0 Å². The third kappa shape index (κ3) is 2.55. The lowest BCUT2D eigenvalue weighted by atomic mass is 9.69. The maximum Gasteiger partial charge on any atom is 0.139 e. The molecule has 2 heteroatoms. The monoisotopic (exact) mass is 274 g/mol. The minimum absolute atomic E-state index is 0.558. The minimum atomic E-state index is -0.849. The Balaban J connectivity index is 2.48.